The normalized spacial score (nSPS) is 12.5. The van der Waals surface area contributed by atoms with E-state index in [1.807, 2.05) is 6.07 Å². The van der Waals surface area contributed by atoms with Gasteiger partial charge in [0.1, 0.15) is 11.6 Å². The number of carboxylic acids is 1. The van der Waals surface area contributed by atoms with Crippen LogP contribution in [0.4, 0.5) is 4.39 Å². The summed E-state index contributed by atoms with van der Waals surface area (Å²) < 4.78 is 19.4. The summed E-state index contributed by atoms with van der Waals surface area (Å²) in [5.74, 6) is -2.71. The van der Waals surface area contributed by atoms with Gasteiger partial charge in [-0.1, -0.05) is 35.9 Å². The number of aliphatic carboxylic acids is 1. The van der Waals surface area contributed by atoms with Gasteiger partial charge < -0.3 is 14.8 Å². The maximum Gasteiger partial charge on any atom is 0.307 e. The molecule has 1 heterocycles. The summed E-state index contributed by atoms with van der Waals surface area (Å²) in [4.78, 5) is 28.0. The van der Waals surface area contributed by atoms with Crippen LogP contribution in [0.2, 0.25) is 5.02 Å². The summed E-state index contributed by atoms with van der Waals surface area (Å²) in [5, 5.41) is 21.6. The summed E-state index contributed by atoms with van der Waals surface area (Å²) in [7, 11) is 0. The van der Waals surface area contributed by atoms with E-state index in [0.29, 0.717) is 28.3 Å². The molecule has 2 aromatic carbocycles. The number of nitriles is 1. The molecule has 0 aliphatic carbocycles. The Morgan fingerprint density at radius 1 is 1.27 bits per heavy atom. The number of carbonyl (C=O) groups is 2. The molecule has 0 saturated heterocycles. The third-order valence-electron chi connectivity index (χ3n) is 5.08. The molecule has 0 fully saturated rings. The molecule has 2 N–H and O–H groups in total. The number of hydrogen-bond donors (Lipinski definition) is 2. The van der Waals surface area contributed by atoms with Gasteiger partial charge in [0.05, 0.1) is 18.2 Å². The third kappa shape index (κ3) is 6.40. The van der Waals surface area contributed by atoms with Gasteiger partial charge in [-0.15, -0.1) is 0 Å². The number of nitrogens with zero attached hydrogens (tertiary/aromatic N) is 2. The van der Waals surface area contributed by atoms with Gasteiger partial charge in [-0.3, -0.25) is 9.59 Å². The van der Waals surface area contributed by atoms with Gasteiger partial charge in [-0.2, -0.15) is 5.26 Å². The van der Waals surface area contributed by atoms with Crippen molar-refractivity contribution in [3.8, 4) is 17.2 Å². The quantitative estimate of drug-likeness (QED) is 0.465. The lowest BCUT2D eigenvalue weighted by molar-refractivity contribution is -0.142. The van der Waals surface area contributed by atoms with E-state index in [9.17, 15) is 19.1 Å². The van der Waals surface area contributed by atoms with E-state index in [0.717, 1.165) is 5.56 Å². The third-order valence-corrected chi connectivity index (χ3v) is 5.32. The number of oxazole rings is 1. The van der Waals surface area contributed by atoms with E-state index < -0.39 is 29.7 Å². The van der Waals surface area contributed by atoms with E-state index in [2.05, 4.69) is 10.3 Å². The van der Waals surface area contributed by atoms with Crippen molar-refractivity contribution >= 4 is 23.5 Å². The van der Waals surface area contributed by atoms with E-state index in [1.54, 1.807) is 31.2 Å². The second kappa shape index (κ2) is 10.7. The van der Waals surface area contributed by atoms with Gasteiger partial charge in [0.15, 0.2) is 0 Å². The molecule has 9 heteroatoms. The van der Waals surface area contributed by atoms with Crippen LogP contribution in [0.25, 0.3) is 11.1 Å². The monoisotopic (exact) mass is 469 g/mol. The summed E-state index contributed by atoms with van der Waals surface area (Å²) >= 11 is 5.98. The van der Waals surface area contributed by atoms with Crippen molar-refractivity contribution in [1.82, 2.24) is 10.3 Å². The second-order valence-corrected chi connectivity index (χ2v) is 8.04. The number of halogens is 2. The molecule has 3 rings (SSSR count). The maximum atomic E-state index is 14.2. The van der Waals surface area contributed by atoms with E-state index in [1.165, 1.54) is 24.4 Å². The number of nitrogens with one attached hydrogen (secondary N) is 1. The van der Waals surface area contributed by atoms with Gasteiger partial charge in [-0.25, -0.2) is 9.37 Å². The zero-order chi connectivity index (χ0) is 24.0. The fourth-order valence-corrected chi connectivity index (χ4v) is 3.62. The molecule has 7 nitrogen and oxygen atoms in total. The Bertz CT molecular complexity index is 1190. The van der Waals surface area contributed by atoms with Crippen molar-refractivity contribution in [2.45, 2.75) is 32.2 Å². The molecule has 170 valence electrons. The van der Waals surface area contributed by atoms with Gasteiger partial charge in [0, 0.05) is 23.0 Å². The lowest BCUT2D eigenvalue weighted by Crippen LogP contribution is -2.39. The first-order valence-corrected chi connectivity index (χ1v) is 10.5. The first-order chi connectivity index (χ1) is 15.8. The fourth-order valence-electron chi connectivity index (χ4n) is 3.45. The minimum atomic E-state index is -1.12. The Morgan fingerprint density at radius 3 is 2.61 bits per heavy atom. The number of aryl methyl sites for hydroxylation is 1. The van der Waals surface area contributed by atoms with Crippen LogP contribution in [-0.2, 0) is 11.2 Å². The van der Waals surface area contributed by atoms with Crippen LogP contribution >= 0.6 is 11.6 Å². The molecule has 0 radical (unpaired) electrons. The van der Waals surface area contributed by atoms with Crippen LogP contribution in [0.3, 0.4) is 0 Å². The van der Waals surface area contributed by atoms with Crippen LogP contribution in [0.5, 0.6) is 0 Å². The molecule has 1 amide bonds. The Morgan fingerprint density at radius 2 is 2.00 bits per heavy atom. The zero-order valence-corrected chi connectivity index (χ0v) is 18.5. The van der Waals surface area contributed by atoms with Crippen molar-refractivity contribution in [3.63, 3.8) is 0 Å². The molecule has 2 atom stereocenters. The van der Waals surface area contributed by atoms with Crippen molar-refractivity contribution in [2.24, 2.45) is 5.92 Å². The summed E-state index contributed by atoms with van der Waals surface area (Å²) in [6, 6.07) is 12.6. The van der Waals surface area contributed by atoms with Gasteiger partial charge in [0.2, 0.25) is 0 Å². The van der Waals surface area contributed by atoms with Gasteiger partial charge in [-0.05, 0) is 49.1 Å². The Hall–Kier alpha value is -3.70. The highest BCUT2D eigenvalue weighted by Gasteiger charge is 2.25. The first kappa shape index (κ1) is 24.0. The number of aromatic nitrogens is 1. The zero-order valence-electron chi connectivity index (χ0n) is 17.7. The van der Waals surface area contributed by atoms with Crippen LogP contribution in [-0.4, -0.2) is 28.0 Å². The SMILES string of the molecule is Cc1cnc(C(=O)NC(Cc2ccc(-c3cc(Cl)ccc3F)cc2)CC(CC#N)C(=O)O)o1. The largest absolute Gasteiger partial charge is 0.481 e. The van der Waals surface area contributed by atoms with Crippen LogP contribution in [0.1, 0.15) is 34.9 Å². The topological polar surface area (TPSA) is 116 Å². The number of amides is 1. The average molecular weight is 470 g/mol. The molecule has 0 aliphatic heterocycles. The minimum Gasteiger partial charge on any atom is -0.481 e. The van der Waals surface area contributed by atoms with Gasteiger partial charge >= 0.3 is 11.9 Å². The number of carboxylic acid groups (broad SMARTS) is 1. The highest BCUT2D eigenvalue weighted by molar-refractivity contribution is 6.30. The van der Waals surface area contributed by atoms with E-state index in [4.69, 9.17) is 21.3 Å². The van der Waals surface area contributed by atoms with Gasteiger partial charge in [0.25, 0.3) is 5.89 Å². The van der Waals surface area contributed by atoms with Crippen molar-refractivity contribution in [2.75, 3.05) is 0 Å². The lowest BCUT2D eigenvalue weighted by atomic mass is 9.92. The molecule has 0 bridgehead atoms. The van der Waals surface area contributed by atoms with E-state index in [-0.39, 0.29) is 18.7 Å². The Balaban J connectivity index is 1.80. The Labute approximate surface area is 194 Å². The highest BCUT2D eigenvalue weighted by atomic mass is 35.5. The lowest BCUT2D eigenvalue weighted by Gasteiger charge is -2.21. The average Bonchev–Trinajstić information content (AvgIpc) is 3.22. The summed E-state index contributed by atoms with van der Waals surface area (Å²) in [6.45, 7) is 1.65. The molecule has 1 aromatic heterocycles. The molecule has 0 spiro atoms. The molecule has 3 aromatic rings. The van der Waals surface area contributed by atoms with Crippen molar-refractivity contribution < 1.29 is 23.5 Å². The number of benzene rings is 2. The summed E-state index contributed by atoms with van der Waals surface area (Å²) in [5.41, 5.74) is 1.77. The summed E-state index contributed by atoms with van der Waals surface area (Å²) in [6.07, 6.45) is 1.55. The standard InChI is InChI=1S/C24H21ClFN3O4/c1-14-13-28-23(33-14)22(30)29-19(11-17(8-9-27)24(31)32)10-15-2-4-16(5-3-15)20-12-18(25)6-7-21(20)26/h2-7,12-13,17,19H,8,10-11H2,1H3,(H,29,30)(H,31,32). The fraction of sp³-hybridized carbons (Fsp3) is 0.250. The molecule has 33 heavy (non-hydrogen) atoms. The van der Waals surface area contributed by atoms with Crippen LogP contribution < -0.4 is 5.32 Å². The molecular formula is C24H21ClFN3O4. The second-order valence-electron chi connectivity index (χ2n) is 7.60. The molecule has 0 saturated carbocycles. The highest BCUT2D eigenvalue weighted by Crippen LogP contribution is 2.27. The van der Waals surface area contributed by atoms with Crippen molar-refractivity contribution in [3.05, 3.63) is 76.7 Å². The minimum absolute atomic E-state index is 0.0407. The van der Waals surface area contributed by atoms with Crippen LogP contribution in [0.15, 0.2) is 53.1 Å². The molecule has 0 aliphatic rings. The molecular weight excluding hydrogens is 449 g/mol. The van der Waals surface area contributed by atoms with Crippen molar-refractivity contribution in [1.29, 1.82) is 5.26 Å². The van der Waals surface area contributed by atoms with E-state index >= 15 is 0 Å². The number of hydrogen-bond acceptors (Lipinski definition) is 5. The molecule has 2 unspecified atom stereocenters. The maximum absolute atomic E-state index is 14.2. The predicted octanol–water partition coefficient (Wildman–Crippen LogP) is 4.79. The first-order valence-electron chi connectivity index (χ1n) is 10.1. The Kier molecular flexibility index (Phi) is 7.80. The number of rotatable bonds is 9. The van der Waals surface area contributed by atoms with Crippen LogP contribution in [0, 0.1) is 30.0 Å². The predicted molar refractivity (Wildman–Crippen MR) is 119 cm³/mol. The smallest absolute Gasteiger partial charge is 0.307 e. The number of carbonyl (C=O) groups excluding carboxylic acids is 1.